The maximum absolute atomic E-state index is 13.0. The fourth-order valence-corrected chi connectivity index (χ4v) is 3.53. The van der Waals surface area contributed by atoms with E-state index in [2.05, 4.69) is 5.32 Å². The van der Waals surface area contributed by atoms with E-state index in [-0.39, 0.29) is 11.1 Å². The number of amides is 1. The number of hydrogen-bond acceptors (Lipinski definition) is 3. The standard InChI is InChI=1S/C21H20ClF3N2O3/c1-30-9-8-27-11-15(19-16(22)6-3-7-18(19)27)20(29)26-17(12-28)13-4-2-5-14(10-13)21(23,24)25/h2-7,10-11,17,28H,8-9,12H2,1H3,(H,26,29). The molecular formula is C21H20ClF3N2O3. The molecule has 1 aromatic heterocycles. The number of halogens is 4. The zero-order valence-corrected chi connectivity index (χ0v) is 16.8. The van der Waals surface area contributed by atoms with E-state index in [0.29, 0.717) is 23.6 Å². The third kappa shape index (κ3) is 4.61. The molecule has 1 unspecified atom stereocenters. The Morgan fingerprint density at radius 3 is 2.67 bits per heavy atom. The molecule has 0 aliphatic rings. The summed E-state index contributed by atoms with van der Waals surface area (Å²) in [5.74, 6) is -0.555. The van der Waals surface area contributed by atoms with Crippen molar-refractivity contribution in [3.63, 3.8) is 0 Å². The molecule has 30 heavy (non-hydrogen) atoms. The van der Waals surface area contributed by atoms with Crippen LogP contribution in [0.5, 0.6) is 0 Å². The second kappa shape index (κ2) is 9.07. The Bertz CT molecular complexity index is 1050. The highest BCUT2D eigenvalue weighted by atomic mass is 35.5. The molecule has 0 spiro atoms. The third-order valence-corrected chi connectivity index (χ3v) is 5.06. The van der Waals surface area contributed by atoms with Crippen LogP contribution in [-0.2, 0) is 17.5 Å². The van der Waals surface area contributed by atoms with Crippen molar-refractivity contribution < 1.29 is 27.8 Å². The Labute approximate surface area is 176 Å². The number of aliphatic hydroxyl groups excluding tert-OH is 1. The number of carbonyl (C=O) groups excluding carboxylic acids is 1. The topological polar surface area (TPSA) is 63.5 Å². The van der Waals surface area contributed by atoms with Gasteiger partial charge in [0.1, 0.15) is 0 Å². The lowest BCUT2D eigenvalue weighted by atomic mass is 10.0. The number of nitrogens with one attached hydrogen (secondary N) is 1. The van der Waals surface area contributed by atoms with Crippen molar-refractivity contribution in [1.29, 1.82) is 0 Å². The van der Waals surface area contributed by atoms with Gasteiger partial charge < -0.3 is 19.7 Å². The van der Waals surface area contributed by atoms with Crippen LogP contribution < -0.4 is 5.32 Å². The van der Waals surface area contributed by atoms with Gasteiger partial charge in [-0.1, -0.05) is 29.8 Å². The van der Waals surface area contributed by atoms with Gasteiger partial charge in [-0.05, 0) is 29.8 Å². The van der Waals surface area contributed by atoms with Gasteiger partial charge in [0.25, 0.3) is 5.91 Å². The molecule has 0 aliphatic carbocycles. The second-order valence-corrected chi connectivity index (χ2v) is 7.10. The predicted molar refractivity (Wildman–Crippen MR) is 108 cm³/mol. The van der Waals surface area contributed by atoms with Gasteiger partial charge >= 0.3 is 6.18 Å². The molecule has 3 aromatic rings. The average Bonchev–Trinajstić information content (AvgIpc) is 3.10. The van der Waals surface area contributed by atoms with Crippen molar-refractivity contribution >= 4 is 28.4 Å². The van der Waals surface area contributed by atoms with E-state index in [1.807, 2.05) is 10.6 Å². The molecule has 0 saturated heterocycles. The molecule has 160 valence electrons. The van der Waals surface area contributed by atoms with Gasteiger partial charge in [-0.2, -0.15) is 13.2 Å². The summed E-state index contributed by atoms with van der Waals surface area (Å²) < 4.78 is 45.9. The smallest absolute Gasteiger partial charge is 0.394 e. The van der Waals surface area contributed by atoms with Crippen molar-refractivity contribution in [2.75, 3.05) is 20.3 Å². The maximum Gasteiger partial charge on any atom is 0.416 e. The Balaban J connectivity index is 1.94. The van der Waals surface area contributed by atoms with Crippen LogP contribution in [0.4, 0.5) is 13.2 Å². The minimum Gasteiger partial charge on any atom is -0.394 e. The first-order chi connectivity index (χ1) is 14.3. The van der Waals surface area contributed by atoms with Crippen LogP contribution in [-0.4, -0.2) is 35.9 Å². The van der Waals surface area contributed by atoms with Gasteiger partial charge in [0.2, 0.25) is 0 Å². The summed E-state index contributed by atoms with van der Waals surface area (Å²) in [4.78, 5) is 13.0. The van der Waals surface area contributed by atoms with Gasteiger partial charge in [0.05, 0.1) is 40.9 Å². The molecule has 0 radical (unpaired) electrons. The molecule has 0 bridgehead atoms. The largest absolute Gasteiger partial charge is 0.416 e. The van der Waals surface area contributed by atoms with E-state index >= 15 is 0 Å². The number of aromatic nitrogens is 1. The Kier molecular flexibility index (Phi) is 6.70. The lowest BCUT2D eigenvalue weighted by molar-refractivity contribution is -0.137. The van der Waals surface area contributed by atoms with Crippen molar-refractivity contribution in [3.05, 3.63) is 70.4 Å². The zero-order chi connectivity index (χ0) is 21.9. The van der Waals surface area contributed by atoms with E-state index in [1.165, 1.54) is 12.1 Å². The summed E-state index contributed by atoms with van der Waals surface area (Å²) in [5.41, 5.74) is 0.281. The van der Waals surface area contributed by atoms with E-state index in [4.69, 9.17) is 16.3 Å². The molecule has 5 nitrogen and oxygen atoms in total. The Hall–Kier alpha value is -2.55. The lowest BCUT2D eigenvalue weighted by Crippen LogP contribution is -2.31. The monoisotopic (exact) mass is 440 g/mol. The third-order valence-electron chi connectivity index (χ3n) is 4.74. The summed E-state index contributed by atoms with van der Waals surface area (Å²) in [6.45, 7) is 0.335. The van der Waals surface area contributed by atoms with Crippen LogP contribution in [0, 0.1) is 0 Å². The lowest BCUT2D eigenvalue weighted by Gasteiger charge is -2.18. The van der Waals surface area contributed by atoms with Gasteiger partial charge in [-0.25, -0.2) is 0 Å². The van der Waals surface area contributed by atoms with Gasteiger partial charge in [-0.15, -0.1) is 0 Å². The highest BCUT2D eigenvalue weighted by Gasteiger charge is 2.31. The molecule has 2 N–H and O–H groups in total. The number of carbonyl (C=O) groups is 1. The van der Waals surface area contributed by atoms with Gasteiger partial charge in [0.15, 0.2) is 0 Å². The number of rotatable bonds is 7. The minimum absolute atomic E-state index is 0.148. The molecule has 0 aliphatic heterocycles. The number of nitrogens with zero attached hydrogens (tertiary/aromatic N) is 1. The quantitative estimate of drug-likeness (QED) is 0.571. The molecule has 3 rings (SSSR count). The van der Waals surface area contributed by atoms with Crippen LogP contribution in [0.3, 0.4) is 0 Å². The molecular weight excluding hydrogens is 421 g/mol. The maximum atomic E-state index is 13.0. The number of fused-ring (bicyclic) bond motifs is 1. The highest BCUT2D eigenvalue weighted by molar-refractivity contribution is 6.36. The first-order valence-electron chi connectivity index (χ1n) is 9.11. The Morgan fingerprint density at radius 1 is 1.27 bits per heavy atom. The fourth-order valence-electron chi connectivity index (χ4n) is 3.26. The first kappa shape index (κ1) is 22.1. The van der Waals surface area contributed by atoms with Crippen LogP contribution in [0.1, 0.15) is 27.5 Å². The number of ether oxygens (including phenoxy) is 1. The zero-order valence-electron chi connectivity index (χ0n) is 16.0. The number of hydrogen-bond donors (Lipinski definition) is 2. The number of alkyl halides is 3. The summed E-state index contributed by atoms with van der Waals surface area (Å²) in [6.07, 6.45) is -2.91. The Morgan fingerprint density at radius 2 is 2.00 bits per heavy atom. The van der Waals surface area contributed by atoms with Crippen molar-refractivity contribution in [2.45, 2.75) is 18.8 Å². The molecule has 9 heteroatoms. The molecule has 1 amide bonds. The second-order valence-electron chi connectivity index (χ2n) is 6.69. The summed E-state index contributed by atoms with van der Waals surface area (Å²) in [5, 5.41) is 13.2. The molecule has 0 fully saturated rings. The fraction of sp³-hybridized carbons (Fsp3) is 0.286. The van der Waals surface area contributed by atoms with Gasteiger partial charge in [-0.3, -0.25) is 4.79 Å². The average molecular weight is 441 g/mol. The number of methoxy groups -OCH3 is 1. The number of aliphatic hydroxyl groups is 1. The van der Waals surface area contributed by atoms with E-state index in [0.717, 1.165) is 17.6 Å². The van der Waals surface area contributed by atoms with Gasteiger partial charge in [0, 0.05) is 25.2 Å². The first-order valence-corrected chi connectivity index (χ1v) is 9.49. The SMILES string of the molecule is COCCn1cc(C(=O)NC(CO)c2cccc(C(F)(F)F)c2)c2c(Cl)cccc21. The molecule has 0 saturated carbocycles. The van der Waals surface area contributed by atoms with Crippen LogP contribution in [0.2, 0.25) is 5.02 Å². The molecule has 1 heterocycles. The van der Waals surface area contributed by atoms with E-state index in [1.54, 1.807) is 25.4 Å². The highest BCUT2D eigenvalue weighted by Crippen LogP contribution is 2.32. The summed E-state index contributed by atoms with van der Waals surface area (Å²) >= 11 is 6.31. The van der Waals surface area contributed by atoms with Crippen molar-refractivity contribution in [2.24, 2.45) is 0 Å². The van der Waals surface area contributed by atoms with Crippen LogP contribution in [0.15, 0.2) is 48.7 Å². The molecule has 1 atom stereocenters. The van der Waals surface area contributed by atoms with E-state index in [9.17, 15) is 23.1 Å². The summed E-state index contributed by atoms with van der Waals surface area (Å²) in [6, 6.07) is 8.71. The van der Waals surface area contributed by atoms with E-state index < -0.39 is 30.3 Å². The summed E-state index contributed by atoms with van der Waals surface area (Å²) in [7, 11) is 1.56. The number of benzene rings is 2. The van der Waals surface area contributed by atoms with Crippen LogP contribution >= 0.6 is 11.6 Å². The normalized spacial score (nSPS) is 12.9. The van der Waals surface area contributed by atoms with Crippen molar-refractivity contribution in [3.8, 4) is 0 Å². The molecule has 2 aromatic carbocycles. The van der Waals surface area contributed by atoms with Crippen LogP contribution in [0.25, 0.3) is 10.9 Å². The minimum atomic E-state index is -4.53. The van der Waals surface area contributed by atoms with Crippen molar-refractivity contribution in [1.82, 2.24) is 9.88 Å². The predicted octanol–water partition coefficient (Wildman–Crippen LogP) is 4.42.